The fraction of sp³-hybridized carbons (Fsp3) is 0.538. The number of fused-ring (bicyclic) bond motifs is 3. The van der Waals surface area contributed by atoms with Gasteiger partial charge in [-0.15, -0.1) is 0 Å². The van der Waals surface area contributed by atoms with Crippen molar-refractivity contribution in [3.63, 3.8) is 0 Å². The van der Waals surface area contributed by atoms with Gasteiger partial charge in [-0.3, -0.25) is 0 Å². The van der Waals surface area contributed by atoms with Crippen molar-refractivity contribution in [2.75, 3.05) is 30.4 Å². The average molecular weight is 234 g/mol. The van der Waals surface area contributed by atoms with Crippen molar-refractivity contribution in [2.24, 2.45) is 5.92 Å². The van der Waals surface area contributed by atoms with Crippen molar-refractivity contribution < 1.29 is 9.84 Å². The van der Waals surface area contributed by atoms with E-state index in [4.69, 9.17) is 10.5 Å². The van der Waals surface area contributed by atoms with Crippen LogP contribution >= 0.6 is 0 Å². The number of aliphatic hydroxyl groups is 1. The van der Waals surface area contributed by atoms with Gasteiger partial charge in [-0.05, 0) is 25.0 Å². The maximum Gasteiger partial charge on any atom is 0.144 e. The van der Waals surface area contributed by atoms with Crippen LogP contribution in [0.1, 0.15) is 12.8 Å². The van der Waals surface area contributed by atoms with Crippen LogP contribution in [0.5, 0.6) is 5.75 Å². The highest BCUT2D eigenvalue weighted by Crippen LogP contribution is 2.39. The fourth-order valence-corrected chi connectivity index (χ4v) is 2.93. The smallest absolute Gasteiger partial charge is 0.144 e. The lowest BCUT2D eigenvalue weighted by atomic mass is 9.89. The minimum absolute atomic E-state index is 0.245. The van der Waals surface area contributed by atoms with E-state index in [1.165, 1.54) is 0 Å². The predicted molar refractivity (Wildman–Crippen MR) is 67.3 cm³/mol. The monoisotopic (exact) mass is 234 g/mol. The van der Waals surface area contributed by atoms with Crippen LogP contribution in [0.15, 0.2) is 18.2 Å². The van der Waals surface area contributed by atoms with Crippen LogP contribution in [0.4, 0.5) is 11.4 Å². The Morgan fingerprint density at radius 2 is 2.35 bits per heavy atom. The number of hydrogen-bond donors (Lipinski definition) is 2. The van der Waals surface area contributed by atoms with Gasteiger partial charge < -0.3 is 20.5 Å². The van der Waals surface area contributed by atoms with Crippen molar-refractivity contribution in [1.82, 2.24) is 0 Å². The molecule has 0 bridgehead atoms. The molecule has 2 heterocycles. The van der Waals surface area contributed by atoms with E-state index in [0.29, 0.717) is 18.6 Å². The Bertz CT molecular complexity index is 422. The predicted octanol–water partition coefficient (Wildman–Crippen LogP) is 1.24. The average Bonchev–Trinajstić information content (AvgIpc) is 2.37. The molecule has 2 aliphatic rings. The quantitative estimate of drug-likeness (QED) is 0.718. The summed E-state index contributed by atoms with van der Waals surface area (Å²) in [4.78, 5) is 2.36. The largest absolute Gasteiger partial charge is 0.489 e. The molecule has 1 fully saturated rings. The van der Waals surface area contributed by atoms with Crippen LogP contribution in [0.25, 0.3) is 0 Å². The summed E-state index contributed by atoms with van der Waals surface area (Å²) in [7, 11) is 0. The van der Waals surface area contributed by atoms with Crippen LogP contribution in [0.3, 0.4) is 0 Å². The molecule has 0 aliphatic carbocycles. The summed E-state index contributed by atoms with van der Waals surface area (Å²) >= 11 is 0. The Balaban J connectivity index is 1.95. The van der Waals surface area contributed by atoms with Crippen LogP contribution in [0, 0.1) is 5.92 Å². The Labute approximate surface area is 101 Å². The zero-order valence-corrected chi connectivity index (χ0v) is 9.80. The van der Waals surface area contributed by atoms with E-state index in [0.717, 1.165) is 36.5 Å². The molecule has 17 heavy (non-hydrogen) atoms. The van der Waals surface area contributed by atoms with Gasteiger partial charge in [0, 0.05) is 30.8 Å². The highest BCUT2D eigenvalue weighted by atomic mass is 16.5. The summed E-state index contributed by atoms with van der Waals surface area (Å²) in [5.74, 6) is 1.20. The van der Waals surface area contributed by atoms with E-state index in [1.54, 1.807) is 0 Å². The fourth-order valence-electron chi connectivity index (χ4n) is 2.93. The third-order valence-corrected chi connectivity index (χ3v) is 3.86. The first-order chi connectivity index (χ1) is 8.29. The summed E-state index contributed by atoms with van der Waals surface area (Å²) in [6.07, 6.45) is 2.22. The number of rotatable bonds is 1. The summed E-state index contributed by atoms with van der Waals surface area (Å²) in [6.45, 7) is 1.94. The van der Waals surface area contributed by atoms with E-state index < -0.39 is 0 Å². The van der Waals surface area contributed by atoms with Gasteiger partial charge in [-0.25, -0.2) is 0 Å². The molecule has 0 amide bonds. The maximum atomic E-state index is 9.42. The minimum Gasteiger partial charge on any atom is -0.489 e. The summed E-state index contributed by atoms with van der Waals surface area (Å²) in [5, 5.41) is 9.42. The maximum absolute atomic E-state index is 9.42. The first-order valence-electron chi connectivity index (χ1n) is 6.19. The zero-order valence-electron chi connectivity index (χ0n) is 9.80. The third kappa shape index (κ3) is 1.72. The van der Waals surface area contributed by atoms with Crippen molar-refractivity contribution in [1.29, 1.82) is 0 Å². The Hall–Kier alpha value is -1.42. The Morgan fingerprint density at radius 3 is 3.18 bits per heavy atom. The molecule has 2 aliphatic heterocycles. The van der Waals surface area contributed by atoms with Crippen LogP contribution < -0.4 is 15.4 Å². The van der Waals surface area contributed by atoms with Crippen molar-refractivity contribution in [3.8, 4) is 5.75 Å². The van der Waals surface area contributed by atoms with Gasteiger partial charge in [0.05, 0.1) is 11.7 Å². The van der Waals surface area contributed by atoms with E-state index in [1.807, 2.05) is 18.2 Å². The second kappa shape index (κ2) is 4.11. The first kappa shape index (κ1) is 10.7. The van der Waals surface area contributed by atoms with E-state index in [9.17, 15) is 5.11 Å². The first-order valence-corrected chi connectivity index (χ1v) is 6.19. The number of piperidine rings is 1. The SMILES string of the molecule is Nc1ccc2c(c1)OCC1C(CO)CCCN21. The second-order valence-corrected chi connectivity index (χ2v) is 4.88. The number of ether oxygens (including phenoxy) is 1. The van der Waals surface area contributed by atoms with Gasteiger partial charge >= 0.3 is 0 Å². The molecule has 0 saturated carbocycles. The van der Waals surface area contributed by atoms with Gasteiger partial charge in [0.15, 0.2) is 0 Å². The number of hydrogen-bond acceptors (Lipinski definition) is 4. The van der Waals surface area contributed by atoms with Gasteiger partial charge in [0.25, 0.3) is 0 Å². The molecular weight excluding hydrogens is 216 g/mol. The minimum atomic E-state index is 0.245. The standard InChI is InChI=1S/C13H18N2O2/c14-10-3-4-11-13(6-10)17-8-12-9(7-16)2-1-5-15(11)12/h3-4,6,9,12,16H,1-2,5,7-8,14H2. The number of nitrogens with two attached hydrogens (primary N) is 1. The summed E-state index contributed by atoms with van der Waals surface area (Å²) in [6, 6.07) is 6.13. The molecule has 1 aromatic carbocycles. The highest BCUT2D eigenvalue weighted by Gasteiger charge is 2.35. The van der Waals surface area contributed by atoms with Crippen LogP contribution in [-0.4, -0.2) is 30.9 Å². The van der Waals surface area contributed by atoms with Gasteiger partial charge in [-0.2, -0.15) is 0 Å². The number of anilines is 2. The van der Waals surface area contributed by atoms with Gasteiger partial charge in [0.1, 0.15) is 12.4 Å². The molecule has 0 radical (unpaired) electrons. The number of nitrogen functional groups attached to an aromatic ring is 1. The topological polar surface area (TPSA) is 58.7 Å². The molecule has 0 aromatic heterocycles. The number of aliphatic hydroxyl groups excluding tert-OH is 1. The van der Waals surface area contributed by atoms with Crippen LogP contribution in [0.2, 0.25) is 0 Å². The Kier molecular flexibility index (Phi) is 2.59. The molecule has 4 nitrogen and oxygen atoms in total. The van der Waals surface area contributed by atoms with Crippen molar-refractivity contribution >= 4 is 11.4 Å². The molecule has 2 atom stereocenters. The third-order valence-electron chi connectivity index (χ3n) is 3.86. The molecule has 92 valence electrons. The summed E-state index contributed by atoms with van der Waals surface area (Å²) < 4.78 is 5.77. The summed E-state index contributed by atoms with van der Waals surface area (Å²) in [5.41, 5.74) is 7.62. The molecular formula is C13H18N2O2. The molecule has 2 unspecified atom stereocenters. The molecule has 3 rings (SSSR count). The van der Waals surface area contributed by atoms with Gasteiger partial charge in [-0.1, -0.05) is 0 Å². The lowest BCUT2D eigenvalue weighted by Gasteiger charge is -2.45. The molecule has 0 spiro atoms. The Morgan fingerprint density at radius 1 is 1.47 bits per heavy atom. The van der Waals surface area contributed by atoms with E-state index in [2.05, 4.69) is 4.90 Å². The van der Waals surface area contributed by atoms with E-state index >= 15 is 0 Å². The number of nitrogens with zero attached hydrogens (tertiary/aromatic N) is 1. The normalized spacial score (nSPS) is 27.0. The highest BCUT2D eigenvalue weighted by molar-refractivity contribution is 5.66. The molecule has 1 aromatic rings. The molecule has 4 heteroatoms. The van der Waals surface area contributed by atoms with Crippen LogP contribution in [-0.2, 0) is 0 Å². The van der Waals surface area contributed by atoms with Gasteiger partial charge in [0.2, 0.25) is 0 Å². The second-order valence-electron chi connectivity index (χ2n) is 4.88. The van der Waals surface area contributed by atoms with Crippen molar-refractivity contribution in [3.05, 3.63) is 18.2 Å². The molecule has 1 saturated heterocycles. The lowest BCUT2D eigenvalue weighted by molar-refractivity contribution is 0.132. The van der Waals surface area contributed by atoms with E-state index in [-0.39, 0.29) is 6.61 Å². The number of benzene rings is 1. The lowest BCUT2D eigenvalue weighted by Crippen LogP contribution is -2.52. The zero-order chi connectivity index (χ0) is 11.8. The molecule has 3 N–H and O–H groups in total. The van der Waals surface area contributed by atoms with Crippen molar-refractivity contribution in [2.45, 2.75) is 18.9 Å².